The monoisotopic (exact) mass is 171 g/mol. The maximum absolute atomic E-state index is 8.89. The van der Waals surface area contributed by atoms with Gasteiger partial charge in [0.15, 0.2) is 0 Å². The molecular weight excluding hydrogens is 162 g/mol. The topological polar surface area (TPSA) is 41.1 Å². The zero-order valence-corrected chi connectivity index (χ0v) is 7.57. The van der Waals surface area contributed by atoms with E-state index >= 15 is 0 Å². The molecule has 0 N–H and O–H groups in total. The molecule has 0 unspecified atom stereocenters. The molecule has 0 fully saturated rings. The van der Waals surface area contributed by atoms with Crippen LogP contribution in [-0.2, 0) is 0 Å². The van der Waals surface area contributed by atoms with E-state index in [1.165, 1.54) is 0 Å². The average molecular weight is 171 g/mol. The van der Waals surface area contributed by atoms with Crippen LogP contribution in [0.25, 0.3) is 5.65 Å². The van der Waals surface area contributed by atoms with E-state index in [9.17, 15) is 0 Å². The van der Waals surface area contributed by atoms with Gasteiger partial charge in [-0.1, -0.05) is 6.07 Å². The third-order valence-electron chi connectivity index (χ3n) is 2.13. The average Bonchev–Trinajstić information content (AvgIpc) is 2.43. The first-order chi connectivity index (χ1) is 6.24. The Bertz CT molecular complexity index is 503. The molecule has 0 aliphatic heterocycles. The predicted molar refractivity (Wildman–Crippen MR) is 49.4 cm³/mol. The first-order valence-corrected chi connectivity index (χ1v) is 4.08. The number of fused-ring (bicyclic) bond motifs is 1. The molecule has 0 bridgehead atoms. The third kappa shape index (κ3) is 0.994. The first kappa shape index (κ1) is 7.81. The molecule has 0 aromatic carbocycles. The highest BCUT2D eigenvalue weighted by Crippen LogP contribution is 2.13. The number of aromatic nitrogens is 2. The Balaban J connectivity index is 2.96. The van der Waals surface area contributed by atoms with Crippen molar-refractivity contribution in [2.45, 2.75) is 13.8 Å². The van der Waals surface area contributed by atoms with Crippen molar-refractivity contribution >= 4 is 5.65 Å². The van der Waals surface area contributed by atoms with Gasteiger partial charge in [0.05, 0.1) is 5.69 Å². The first-order valence-electron chi connectivity index (χ1n) is 4.08. The SMILES string of the molecule is Cc1nc2c(C)cccn2c1C#N. The number of imidazole rings is 1. The fourth-order valence-corrected chi connectivity index (χ4v) is 1.45. The van der Waals surface area contributed by atoms with E-state index in [4.69, 9.17) is 5.26 Å². The summed E-state index contributed by atoms with van der Waals surface area (Å²) in [6.07, 6.45) is 1.86. The summed E-state index contributed by atoms with van der Waals surface area (Å²) in [6, 6.07) is 6.06. The highest BCUT2D eigenvalue weighted by molar-refractivity contribution is 5.52. The van der Waals surface area contributed by atoms with Gasteiger partial charge in [-0.3, -0.25) is 4.40 Å². The van der Waals surface area contributed by atoms with E-state index in [0.29, 0.717) is 5.69 Å². The summed E-state index contributed by atoms with van der Waals surface area (Å²) in [4.78, 5) is 4.32. The molecule has 64 valence electrons. The second kappa shape index (κ2) is 2.60. The fraction of sp³-hybridized carbons (Fsp3) is 0.200. The smallest absolute Gasteiger partial charge is 0.147 e. The number of rotatable bonds is 0. The summed E-state index contributed by atoms with van der Waals surface area (Å²) in [7, 11) is 0. The summed E-state index contributed by atoms with van der Waals surface area (Å²) < 4.78 is 1.82. The summed E-state index contributed by atoms with van der Waals surface area (Å²) in [5.41, 5.74) is 3.37. The second-order valence-electron chi connectivity index (χ2n) is 3.04. The highest BCUT2D eigenvalue weighted by atomic mass is 15.0. The Morgan fingerprint density at radius 1 is 1.46 bits per heavy atom. The molecule has 0 radical (unpaired) electrons. The minimum atomic E-state index is 0.624. The zero-order valence-electron chi connectivity index (χ0n) is 7.57. The molecule has 13 heavy (non-hydrogen) atoms. The number of aryl methyl sites for hydroxylation is 2. The van der Waals surface area contributed by atoms with E-state index in [1.54, 1.807) is 0 Å². The van der Waals surface area contributed by atoms with Crippen molar-refractivity contribution in [3.63, 3.8) is 0 Å². The maximum Gasteiger partial charge on any atom is 0.147 e. The summed E-state index contributed by atoms with van der Waals surface area (Å²) in [6.45, 7) is 3.84. The van der Waals surface area contributed by atoms with Crippen LogP contribution in [0, 0.1) is 25.2 Å². The van der Waals surface area contributed by atoms with Gasteiger partial charge in [-0.15, -0.1) is 0 Å². The minimum absolute atomic E-state index is 0.624. The van der Waals surface area contributed by atoms with Crippen LogP contribution in [0.15, 0.2) is 18.3 Å². The van der Waals surface area contributed by atoms with Crippen LogP contribution in [0.1, 0.15) is 17.0 Å². The van der Waals surface area contributed by atoms with Gasteiger partial charge in [-0.05, 0) is 25.5 Å². The molecule has 0 saturated heterocycles. The number of nitriles is 1. The van der Waals surface area contributed by atoms with Crippen LogP contribution in [0.5, 0.6) is 0 Å². The van der Waals surface area contributed by atoms with Crippen molar-refractivity contribution in [2.24, 2.45) is 0 Å². The van der Waals surface area contributed by atoms with Crippen molar-refractivity contribution < 1.29 is 0 Å². The van der Waals surface area contributed by atoms with Gasteiger partial charge in [0.1, 0.15) is 17.4 Å². The van der Waals surface area contributed by atoms with Gasteiger partial charge in [0.2, 0.25) is 0 Å². The van der Waals surface area contributed by atoms with Crippen molar-refractivity contribution in [3.05, 3.63) is 35.3 Å². The number of hydrogen-bond acceptors (Lipinski definition) is 2. The van der Waals surface area contributed by atoms with Gasteiger partial charge in [-0.2, -0.15) is 5.26 Å². The van der Waals surface area contributed by atoms with Gasteiger partial charge in [0.25, 0.3) is 0 Å². The maximum atomic E-state index is 8.89. The summed E-state index contributed by atoms with van der Waals surface area (Å²) in [5, 5.41) is 8.89. The quantitative estimate of drug-likeness (QED) is 0.606. The molecule has 3 nitrogen and oxygen atoms in total. The molecule has 2 aromatic heterocycles. The molecule has 2 aromatic rings. The fourth-order valence-electron chi connectivity index (χ4n) is 1.45. The van der Waals surface area contributed by atoms with Gasteiger partial charge >= 0.3 is 0 Å². The van der Waals surface area contributed by atoms with Crippen LogP contribution in [0.4, 0.5) is 0 Å². The molecule has 0 aliphatic carbocycles. The number of pyridine rings is 1. The minimum Gasteiger partial charge on any atom is -0.291 e. The van der Waals surface area contributed by atoms with Crippen LogP contribution in [0.2, 0.25) is 0 Å². The van der Waals surface area contributed by atoms with Crippen molar-refractivity contribution in [1.29, 1.82) is 5.26 Å². The van der Waals surface area contributed by atoms with Gasteiger partial charge in [0, 0.05) is 6.20 Å². The molecule has 2 rings (SSSR count). The molecule has 3 heteroatoms. The van der Waals surface area contributed by atoms with E-state index in [-0.39, 0.29) is 0 Å². The standard InChI is InChI=1S/C10H9N3/c1-7-4-3-5-13-9(6-11)8(2)12-10(7)13/h3-5H,1-2H3. The Morgan fingerprint density at radius 3 is 2.92 bits per heavy atom. The molecule has 0 aliphatic rings. The van der Waals surface area contributed by atoms with E-state index in [0.717, 1.165) is 16.9 Å². The molecule has 0 spiro atoms. The largest absolute Gasteiger partial charge is 0.291 e. The summed E-state index contributed by atoms with van der Waals surface area (Å²) >= 11 is 0. The molecule has 0 saturated carbocycles. The number of hydrogen-bond donors (Lipinski definition) is 0. The Labute approximate surface area is 76.3 Å². The molecule has 0 atom stereocenters. The third-order valence-corrected chi connectivity index (χ3v) is 2.13. The second-order valence-corrected chi connectivity index (χ2v) is 3.04. The van der Waals surface area contributed by atoms with Crippen molar-refractivity contribution in [3.8, 4) is 6.07 Å². The normalized spacial score (nSPS) is 10.2. The van der Waals surface area contributed by atoms with Crippen LogP contribution in [-0.4, -0.2) is 9.38 Å². The van der Waals surface area contributed by atoms with Crippen LogP contribution in [0.3, 0.4) is 0 Å². The van der Waals surface area contributed by atoms with Gasteiger partial charge in [-0.25, -0.2) is 4.98 Å². The Kier molecular flexibility index (Phi) is 1.56. The zero-order chi connectivity index (χ0) is 9.42. The van der Waals surface area contributed by atoms with Crippen molar-refractivity contribution in [2.75, 3.05) is 0 Å². The number of nitrogens with zero attached hydrogens (tertiary/aromatic N) is 3. The van der Waals surface area contributed by atoms with E-state index in [2.05, 4.69) is 11.1 Å². The lowest BCUT2D eigenvalue weighted by atomic mass is 10.3. The van der Waals surface area contributed by atoms with Crippen LogP contribution < -0.4 is 0 Å². The lowest BCUT2D eigenvalue weighted by Gasteiger charge is -1.95. The van der Waals surface area contributed by atoms with Crippen LogP contribution >= 0.6 is 0 Å². The Morgan fingerprint density at radius 2 is 2.23 bits per heavy atom. The lowest BCUT2D eigenvalue weighted by molar-refractivity contribution is 1.13. The van der Waals surface area contributed by atoms with Crippen molar-refractivity contribution in [1.82, 2.24) is 9.38 Å². The van der Waals surface area contributed by atoms with Gasteiger partial charge < -0.3 is 0 Å². The van der Waals surface area contributed by atoms with E-state index in [1.807, 2.05) is 36.6 Å². The highest BCUT2D eigenvalue weighted by Gasteiger charge is 2.07. The molecular formula is C10H9N3. The summed E-state index contributed by atoms with van der Waals surface area (Å²) in [5.74, 6) is 0. The van der Waals surface area contributed by atoms with E-state index < -0.39 is 0 Å². The molecule has 2 heterocycles. The predicted octanol–water partition coefficient (Wildman–Crippen LogP) is 1.82. The molecule has 0 amide bonds. The lowest BCUT2D eigenvalue weighted by Crippen LogP contribution is -1.89. The Hall–Kier alpha value is -1.82.